The first kappa shape index (κ1) is 12.1. The number of H-pyrrole nitrogens is 1. The number of rotatable bonds is 4. The van der Waals surface area contributed by atoms with Gasteiger partial charge in [0.25, 0.3) is 0 Å². The molecule has 0 aliphatic heterocycles. The minimum absolute atomic E-state index is 0.246. The third-order valence-corrected chi connectivity index (χ3v) is 3.42. The fourth-order valence-electron chi connectivity index (χ4n) is 2.18. The van der Waals surface area contributed by atoms with Crippen LogP contribution in [0.3, 0.4) is 0 Å². The van der Waals surface area contributed by atoms with Crippen molar-refractivity contribution in [3.63, 3.8) is 0 Å². The first-order chi connectivity index (χ1) is 9.24. The van der Waals surface area contributed by atoms with E-state index in [-0.39, 0.29) is 5.82 Å². The highest BCUT2D eigenvalue weighted by Gasteiger charge is 2.05. The van der Waals surface area contributed by atoms with Gasteiger partial charge >= 0.3 is 0 Å². The number of halogens is 1. The molecule has 0 saturated carbocycles. The van der Waals surface area contributed by atoms with Crippen molar-refractivity contribution in [1.82, 2.24) is 19.1 Å². The Morgan fingerprint density at radius 3 is 3.00 bits per heavy atom. The summed E-state index contributed by atoms with van der Waals surface area (Å²) in [4.78, 5) is 7.09. The van der Waals surface area contributed by atoms with Crippen LogP contribution in [0.1, 0.15) is 6.42 Å². The number of hydrogen-bond acceptors (Lipinski definition) is 2. The van der Waals surface area contributed by atoms with Crippen molar-refractivity contribution < 1.29 is 4.39 Å². The summed E-state index contributed by atoms with van der Waals surface area (Å²) in [7, 11) is 0. The highest BCUT2D eigenvalue weighted by Crippen LogP contribution is 2.16. The number of fused-ring (bicyclic) bond motifs is 1. The highest BCUT2D eigenvalue weighted by atomic mass is 32.1. The van der Waals surface area contributed by atoms with Gasteiger partial charge in [0.05, 0.1) is 17.4 Å². The van der Waals surface area contributed by atoms with E-state index in [2.05, 4.69) is 9.97 Å². The van der Waals surface area contributed by atoms with Gasteiger partial charge in [0, 0.05) is 25.5 Å². The predicted molar refractivity (Wildman–Crippen MR) is 73.9 cm³/mol. The number of benzene rings is 1. The molecule has 0 unspecified atom stereocenters. The maximum atomic E-state index is 13.3. The minimum Gasteiger partial charge on any atom is -0.337 e. The average Bonchev–Trinajstić information content (AvgIpc) is 2.99. The van der Waals surface area contributed by atoms with E-state index in [9.17, 15) is 4.39 Å². The number of imidazole rings is 2. The Balaban J connectivity index is 1.82. The van der Waals surface area contributed by atoms with Crippen molar-refractivity contribution in [3.8, 4) is 0 Å². The molecule has 0 fully saturated rings. The fraction of sp³-hybridized carbons (Fsp3) is 0.231. The zero-order chi connectivity index (χ0) is 13.2. The smallest absolute Gasteiger partial charge is 0.178 e. The van der Waals surface area contributed by atoms with Crippen molar-refractivity contribution in [2.24, 2.45) is 0 Å². The lowest BCUT2D eigenvalue weighted by Crippen LogP contribution is -2.03. The molecule has 0 bridgehead atoms. The number of hydrogen-bond donors (Lipinski definition) is 1. The van der Waals surface area contributed by atoms with Crippen LogP contribution in [0.2, 0.25) is 0 Å². The second-order valence-electron chi connectivity index (χ2n) is 4.40. The Hall–Kier alpha value is -1.95. The first-order valence-electron chi connectivity index (χ1n) is 6.08. The molecule has 98 valence electrons. The minimum atomic E-state index is -0.246. The largest absolute Gasteiger partial charge is 0.337 e. The summed E-state index contributed by atoms with van der Waals surface area (Å²) in [5, 5.41) is 0. The standard InChI is InChI=1S/C13H13FN4S/c14-10-2-3-11-12(8-10)18(13(19)16-11)6-1-5-17-7-4-15-9-17/h2-4,7-9H,1,5-6H2,(H,16,19). The van der Waals surface area contributed by atoms with Crippen molar-refractivity contribution in [2.75, 3.05) is 0 Å². The maximum Gasteiger partial charge on any atom is 0.178 e. The molecular weight excluding hydrogens is 263 g/mol. The lowest BCUT2D eigenvalue weighted by atomic mass is 10.3. The summed E-state index contributed by atoms with van der Waals surface area (Å²) < 4.78 is 17.9. The van der Waals surface area contributed by atoms with Crippen molar-refractivity contribution in [1.29, 1.82) is 0 Å². The lowest BCUT2D eigenvalue weighted by molar-refractivity contribution is 0.566. The molecule has 19 heavy (non-hydrogen) atoms. The molecule has 3 rings (SSSR count). The molecule has 0 aliphatic rings. The van der Waals surface area contributed by atoms with E-state index >= 15 is 0 Å². The molecule has 0 spiro atoms. The summed E-state index contributed by atoms with van der Waals surface area (Å²) in [6.07, 6.45) is 6.38. The molecule has 0 saturated heterocycles. The first-order valence-corrected chi connectivity index (χ1v) is 6.49. The van der Waals surface area contributed by atoms with Gasteiger partial charge in [-0.15, -0.1) is 0 Å². The molecule has 0 amide bonds. The number of nitrogens with zero attached hydrogens (tertiary/aromatic N) is 3. The molecule has 0 aliphatic carbocycles. The lowest BCUT2D eigenvalue weighted by Gasteiger charge is -2.05. The van der Waals surface area contributed by atoms with Crippen LogP contribution in [-0.4, -0.2) is 19.1 Å². The van der Waals surface area contributed by atoms with Crippen molar-refractivity contribution in [3.05, 3.63) is 47.5 Å². The molecule has 1 aromatic carbocycles. The zero-order valence-electron chi connectivity index (χ0n) is 10.2. The Morgan fingerprint density at radius 2 is 2.21 bits per heavy atom. The topological polar surface area (TPSA) is 38.5 Å². The van der Waals surface area contributed by atoms with E-state index in [0.717, 1.165) is 30.5 Å². The van der Waals surface area contributed by atoms with Gasteiger partial charge in [-0.2, -0.15) is 0 Å². The van der Waals surface area contributed by atoms with Gasteiger partial charge < -0.3 is 14.1 Å². The Bertz CT molecular complexity index is 742. The van der Waals surface area contributed by atoms with Gasteiger partial charge in [0.1, 0.15) is 5.82 Å². The van der Waals surface area contributed by atoms with Crippen LogP contribution >= 0.6 is 12.2 Å². The van der Waals surface area contributed by atoms with Crippen LogP contribution in [0.15, 0.2) is 36.9 Å². The summed E-state index contributed by atoms with van der Waals surface area (Å²) in [5.41, 5.74) is 1.68. The van der Waals surface area contributed by atoms with Crippen LogP contribution < -0.4 is 0 Å². The van der Waals surface area contributed by atoms with Crippen LogP contribution in [-0.2, 0) is 13.1 Å². The Morgan fingerprint density at radius 1 is 1.32 bits per heavy atom. The number of nitrogens with one attached hydrogen (secondary N) is 1. The van der Waals surface area contributed by atoms with Crippen LogP contribution in [0.5, 0.6) is 0 Å². The maximum absolute atomic E-state index is 13.3. The second kappa shape index (κ2) is 4.97. The van der Waals surface area contributed by atoms with E-state index in [1.54, 1.807) is 18.6 Å². The van der Waals surface area contributed by atoms with Crippen LogP contribution in [0.4, 0.5) is 4.39 Å². The second-order valence-corrected chi connectivity index (χ2v) is 4.78. The fourth-order valence-corrected chi connectivity index (χ4v) is 2.48. The SMILES string of the molecule is Fc1ccc2[nH]c(=S)n(CCCn3ccnc3)c2c1. The van der Waals surface area contributed by atoms with E-state index in [4.69, 9.17) is 12.2 Å². The number of aromatic amines is 1. The van der Waals surface area contributed by atoms with Gasteiger partial charge in [-0.25, -0.2) is 9.37 Å². The number of aromatic nitrogens is 4. The third kappa shape index (κ3) is 2.44. The predicted octanol–water partition coefficient (Wildman–Crippen LogP) is 3.12. The summed E-state index contributed by atoms with van der Waals surface area (Å²) >= 11 is 5.28. The number of aryl methyl sites for hydroxylation is 2. The van der Waals surface area contributed by atoms with Gasteiger partial charge in [-0.3, -0.25) is 0 Å². The zero-order valence-corrected chi connectivity index (χ0v) is 11.0. The molecule has 2 aromatic heterocycles. The molecular formula is C13H13FN4S. The van der Waals surface area contributed by atoms with Gasteiger partial charge in [-0.05, 0) is 36.8 Å². The van der Waals surface area contributed by atoms with Crippen molar-refractivity contribution >= 4 is 23.3 Å². The van der Waals surface area contributed by atoms with Crippen molar-refractivity contribution in [2.45, 2.75) is 19.5 Å². The molecule has 0 atom stereocenters. The summed E-state index contributed by atoms with van der Waals surface area (Å²) in [6.45, 7) is 1.62. The molecule has 1 N–H and O–H groups in total. The quantitative estimate of drug-likeness (QED) is 0.744. The van der Waals surface area contributed by atoms with Crippen LogP contribution in [0, 0.1) is 10.6 Å². The molecule has 6 heteroatoms. The highest BCUT2D eigenvalue weighted by molar-refractivity contribution is 7.71. The monoisotopic (exact) mass is 276 g/mol. The molecule has 3 aromatic rings. The van der Waals surface area contributed by atoms with E-state index in [1.165, 1.54) is 12.1 Å². The Labute approximate surface area is 114 Å². The molecule has 2 heterocycles. The van der Waals surface area contributed by atoms with E-state index in [1.807, 2.05) is 15.3 Å². The van der Waals surface area contributed by atoms with Gasteiger partial charge in [0.2, 0.25) is 0 Å². The third-order valence-electron chi connectivity index (χ3n) is 3.09. The van der Waals surface area contributed by atoms with Crippen LogP contribution in [0.25, 0.3) is 11.0 Å². The Kier molecular flexibility index (Phi) is 3.16. The van der Waals surface area contributed by atoms with E-state index < -0.39 is 0 Å². The normalized spacial score (nSPS) is 11.2. The molecule has 0 radical (unpaired) electrons. The summed E-state index contributed by atoms with van der Waals surface area (Å²) in [6, 6.07) is 4.66. The molecule has 4 nitrogen and oxygen atoms in total. The van der Waals surface area contributed by atoms with Gasteiger partial charge in [-0.1, -0.05) is 0 Å². The van der Waals surface area contributed by atoms with E-state index in [0.29, 0.717) is 4.77 Å². The summed E-state index contributed by atoms with van der Waals surface area (Å²) in [5.74, 6) is -0.246. The van der Waals surface area contributed by atoms with Gasteiger partial charge in [0.15, 0.2) is 4.77 Å². The average molecular weight is 276 g/mol.